The van der Waals surface area contributed by atoms with Gasteiger partial charge in [0, 0.05) is 6.04 Å². The average Bonchev–Trinajstić information content (AvgIpc) is 3.16. The van der Waals surface area contributed by atoms with Crippen molar-refractivity contribution in [3.63, 3.8) is 0 Å². The molecular formula is C16H24N2O. The highest BCUT2D eigenvalue weighted by molar-refractivity contribution is 5.78. The summed E-state index contributed by atoms with van der Waals surface area (Å²) in [7, 11) is 0. The zero-order valence-corrected chi connectivity index (χ0v) is 11.9. The maximum atomic E-state index is 11.8. The molecular weight excluding hydrogens is 236 g/mol. The van der Waals surface area contributed by atoms with Gasteiger partial charge in [0.2, 0.25) is 5.91 Å². The van der Waals surface area contributed by atoms with Crippen LogP contribution in [0.3, 0.4) is 0 Å². The number of nitrogens with one attached hydrogen (secondary N) is 2. The smallest absolute Gasteiger partial charge is 0.234 e. The molecule has 0 spiro atoms. The maximum Gasteiger partial charge on any atom is 0.234 e. The van der Waals surface area contributed by atoms with Crippen molar-refractivity contribution in [3.8, 4) is 0 Å². The van der Waals surface area contributed by atoms with Gasteiger partial charge in [-0.3, -0.25) is 4.79 Å². The summed E-state index contributed by atoms with van der Waals surface area (Å²) < 4.78 is 0. The van der Waals surface area contributed by atoms with Crippen molar-refractivity contribution in [1.82, 2.24) is 10.6 Å². The van der Waals surface area contributed by atoms with E-state index in [9.17, 15) is 4.79 Å². The average molecular weight is 260 g/mol. The van der Waals surface area contributed by atoms with Crippen LogP contribution in [0, 0.1) is 12.8 Å². The van der Waals surface area contributed by atoms with Crippen LogP contribution < -0.4 is 10.6 Å². The van der Waals surface area contributed by atoms with Crippen molar-refractivity contribution in [3.05, 3.63) is 35.4 Å². The highest BCUT2D eigenvalue weighted by Crippen LogP contribution is 2.27. The molecule has 1 aliphatic rings. The van der Waals surface area contributed by atoms with Gasteiger partial charge in [-0.1, -0.05) is 24.3 Å². The predicted molar refractivity (Wildman–Crippen MR) is 78.1 cm³/mol. The fourth-order valence-electron chi connectivity index (χ4n) is 2.26. The first kappa shape index (κ1) is 14.1. The molecule has 0 aliphatic heterocycles. The van der Waals surface area contributed by atoms with Gasteiger partial charge in [-0.05, 0) is 56.7 Å². The van der Waals surface area contributed by atoms with Crippen LogP contribution in [-0.4, -0.2) is 25.0 Å². The molecule has 0 radical (unpaired) electrons. The fraction of sp³-hybridized carbons (Fsp3) is 0.562. The number of hydrogen-bond acceptors (Lipinski definition) is 2. The van der Waals surface area contributed by atoms with Gasteiger partial charge in [-0.15, -0.1) is 0 Å². The van der Waals surface area contributed by atoms with E-state index in [1.165, 1.54) is 24.0 Å². The number of benzene rings is 1. The summed E-state index contributed by atoms with van der Waals surface area (Å²) in [4.78, 5) is 11.8. The quantitative estimate of drug-likeness (QED) is 0.787. The van der Waals surface area contributed by atoms with Crippen molar-refractivity contribution >= 4 is 5.91 Å². The van der Waals surface area contributed by atoms with Crippen LogP contribution in [-0.2, 0) is 11.2 Å². The van der Waals surface area contributed by atoms with Crippen LogP contribution in [0.4, 0.5) is 0 Å². The van der Waals surface area contributed by atoms with E-state index in [1.807, 2.05) is 12.1 Å². The summed E-state index contributed by atoms with van der Waals surface area (Å²) in [6.07, 6.45) is 3.53. The molecule has 1 unspecified atom stereocenters. The number of amides is 1. The lowest BCUT2D eigenvalue weighted by molar-refractivity contribution is -0.120. The van der Waals surface area contributed by atoms with E-state index in [1.54, 1.807) is 0 Å². The van der Waals surface area contributed by atoms with Gasteiger partial charge in [0.25, 0.3) is 0 Å². The summed E-state index contributed by atoms with van der Waals surface area (Å²) in [6, 6.07) is 8.51. The number of aryl methyl sites for hydroxylation is 1. The molecule has 0 heterocycles. The number of hydrogen-bond donors (Lipinski definition) is 2. The van der Waals surface area contributed by atoms with E-state index in [4.69, 9.17) is 0 Å². The lowest BCUT2D eigenvalue weighted by Crippen LogP contribution is -2.40. The highest BCUT2D eigenvalue weighted by Gasteiger charge is 2.20. The zero-order chi connectivity index (χ0) is 13.7. The third kappa shape index (κ3) is 5.03. The first-order chi connectivity index (χ1) is 9.15. The minimum Gasteiger partial charge on any atom is -0.352 e. The number of carbonyl (C=O) groups excluding carboxylic acids is 1. The molecule has 3 heteroatoms. The molecule has 1 amide bonds. The summed E-state index contributed by atoms with van der Waals surface area (Å²) >= 11 is 0. The third-order valence-electron chi connectivity index (χ3n) is 3.61. The highest BCUT2D eigenvalue weighted by atomic mass is 16.1. The Morgan fingerprint density at radius 3 is 2.79 bits per heavy atom. The second-order valence-electron chi connectivity index (χ2n) is 5.67. The van der Waals surface area contributed by atoms with Gasteiger partial charge in [-0.2, -0.15) is 0 Å². The molecule has 1 fully saturated rings. The second-order valence-corrected chi connectivity index (χ2v) is 5.67. The molecule has 104 valence electrons. The Bertz CT molecular complexity index is 427. The van der Waals surface area contributed by atoms with E-state index in [0.717, 1.165) is 18.9 Å². The van der Waals surface area contributed by atoms with Crippen LogP contribution in [0.5, 0.6) is 0 Å². The van der Waals surface area contributed by atoms with E-state index >= 15 is 0 Å². The van der Waals surface area contributed by atoms with Crippen LogP contribution >= 0.6 is 0 Å². The first-order valence-corrected chi connectivity index (χ1v) is 7.19. The summed E-state index contributed by atoms with van der Waals surface area (Å²) in [5.41, 5.74) is 2.59. The van der Waals surface area contributed by atoms with Gasteiger partial charge in [0.1, 0.15) is 0 Å². The molecule has 1 aromatic carbocycles. The Morgan fingerprint density at radius 2 is 2.11 bits per heavy atom. The Balaban J connectivity index is 1.69. The van der Waals surface area contributed by atoms with Crippen molar-refractivity contribution in [2.75, 3.05) is 13.1 Å². The molecule has 0 aromatic heterocycles. The molecule has 0 saturated heterocycles. The molecule has 2 rings (SSSR count). The Labute approximate surface area is 115 Å². The lowest BCUT2D eigenvalue weighted by atomic mass is 10.0. The normalized spacial score (nSPS) is 16.1. The lowest BCUT2D eigenvalue weighted by Gasteiger charge is -2.15. The zero-order valence-electron chi connectivity index (χ0n) is 11.9. The van der Waals surface area contributed by atoms with E-state index in [-0.39, 0.29) is 11.9 Å². The summed E-state index contributed by atoms with van der Waals surface area (Å²) in [5.74, 6) is 0.916. The Morgan fingerprint density at radius 1 is 1.37 bits per heavy atom. The fourth-order valence-corrected chi connectivity index (χ4v) is 2.26. The summed E-state index contributed by atoms with van der Waals surface area (Å²) in [5, 5.41) is 6.26. The Kier molecular flexibility index (Phi) is 4.97. The third-order valence-corrected chi connectivity index (χ3v) is 3.61. The first-order valence-electron chi connectivity index (χ1n) is 7.19. The molecule has 19 heavy (non-hydrogen) atoms. The van der Waals surface area contributed by atoms with E-state index in [0.29, 0.717) is 6.54 Å². The van der Waals surface area contributed by atoms with Crippen molar-refractivity contribution < 1.29 is 4.79 Å². The minimum atomic E-state index is 0.0988. The SMILES string of the molecule is Cc1ccccc1CC(C)NC(=O)CNCC1CC1. The molecule has 1 aromatic rings. The molecule has 2 N–H and O–H groups in total. The van der Waals surface area contributed by atoms with Gasteiger partial charge < -0.3 is 10.6 Å². The van der Waals surface area contributed by atoms with Crippen LogP contribution in [0.1, 0.15) is 30.9 Å². The standard InChI is InChI=1S/C16H24N2O/c1-12-5-3-4-6-15(12)9-13(2)18-16(19)11-17-10-14-7-8-14/h3-6,13-14,17H,7-11H2,1-2H3,(H,18,19). The largest absolute Gasteiger partial charge is 0.352 e. The van der Waals surface area contributed by atoms with Crippen LogP contribution in [0.15, 0.2) is 24.3 Å². The number of carbonyl (C=O) groups is 1. The molecule has 1 saturated carbocycles. The van der Waals surface area contributed by atoms with Crippen molar-refractivity contribution in [2.45, 2.75) is 39.2 Å². The topological polar surface area (TPSA) is 41.1 Å². The van der Waals surface area contributed by atoms with Gasteiger partial charge in [0.05, 0.1) is 6.54 Å². The van der Waals surface area contributed by atoms with E-state index in [2.05, 4.69) is 36.6 Å². The second kappa shape index (κ2) is 6.71. The Hall–Kier alpha value is -1.35. The molecule has 0 bridgehead atoms. The summed E-state index contributed by atoms with van der Waals surface area (Å²) in [6.45, 7) is 5.60. The monoisotopic (exact) mass is 260 g/mol. The molecule has 1 aliphatic carbocycles. The molecule has 1 atom stereocenters. The van der Waals surface area contributed by atoms with Crippen LogP contribution in [0.25, 0.3) is 0 Å². The van der Waals surface area contributed by atoms with E-state index < -0.39 is 0 Å². The van der Waals surface area contributed by atoms with Crippen LogP contribution in [0.2, 0.25) is 0 Å². The van der Waals surface area contributed by atoms with Gasteiger partial charge in [-0.25, -0.2) is 0 Å². The maximum absolute atomic E-state index is 11.8. The van der Waals surface area contributed by atoms with Crippen molar-refractivity contribution in [2.24, 2.45) is 5.92 Å². The van der Waals surface area contributed by atoms with Crippen molar-refractivity contribution in [1.29, 1.82) is 0 Å². The molecule has 3 nitrogen and oxygen atoms in total. The van der Waals surface area contributed by atoms with Gasteiger partial charge in [0.15, 0.2) is 0 Å². The minimum absolute atomic E-state index is 0.0988. The predicted octanol–water partition coefficient (Wildman–Crippen LogP) is 2.04. The van der Waals surface area contributed by atoms with Gasteiger partial charge >= 0.3 is 0 Å². The number of rotatable bonds is 7.